The number of aromatic nitrogens is 2. The van der Waals surface area contributed by atoms with Crippen molar-refractivity contribution in [2.45, 2.75) is 27.4 Å². The summed E-state index contributed by atoms with van der Waals surface area (Å²) >= 11 is 0. The number of ether oxygens (including phenoxy) is 2. The summed E-state index contributed by atoms with van der Waals surface area (Å²) in [5.41, 5.74) is 3.51. The summed E-state index contributed by atoms with van der Waals surface area (Å²) in [6.07, 6.45) is 1.74. The van der Waals surface area contributed by atoms with Crippen LogP contribution in [-0.2, 0) is 11.3 Å². The first-order valence-electron chi connectivity index (χ1n) is 8.21. The lowest BCUT2D eigenvalue weighted by molar-refractivity contribution is 0.0522. The van der Waals surface area contributed by atoms with Crippen molar-refractivity contribution in [3.63, 3.8) is 0 Å². The number of hydrogen-bond acceptors (Lipinski definition) is 5. The van der Waals surface area contributed by atoms with Gasteiger partial charge in [-0.3, -0.25) is 9.97 Å². The van der Waals surface area contributed by atoms with Crippen LogP contribution in [0.25, 0.3) is 10.9 Å². The van der Waals surface area contributed by atoms with Crippen LogP contribution in [0.15, 0.2) is 42.6 Å². The molecular weight excluding hydrogens is 316 g/mol. The zero-order chi connectivity index (χ0) is 17.8. The molecule has 0 spiro atoms. The Labute approximate surface area is 146 Å². The Kier molecular flexibility index (Phi) is 4.93. The van der Waals surface area contributed by atoms with Gasteiger partial charge in [0.2, 0.25) is 0 Å². The molecule has 0 aliphatic rings. The standard InChI is InChI=1S/C20H20N2O3/c1-4-24-20(23)18-14(3)22-13(2)11-16(18)12-25-17-9-5-7-15-8-6-10-21-19(15)17/h5-11H,4,12H2,1-3H3. The van der Waals surface area contributed by atoms with Gasteiger partial charge >= 0.3 is 5.97 Å². The van der Waals surface area contributed by atoms with Gasteiger partial charge in [0.05, 0.1) is 17.9 Å². The molecule has 5 heteroatoms. The van der Waals surface area contributed by atoms with Crippen molar-refractivity contribution in [3.8, 4) is 5.75 Å². The van der Waals surface area contributed by atoms with E-state index in [0.717, 1.165) is 22.2 Å². The maximum Gasteiger partial charge on any atom is 0.340 e. The van der Waals surface area contributed by atoms with E-state index in [1.165, 1.54) is 0 Å². The van der Waals surface area contributed by atoms with Gasteiger partial charge in [-0.25, -0.2) is 4.79 Å². The Morgan fingerprint density at radius 3 is 2.76 bits per heavy atom. The fourth-order valence-electron chi connectivity index (χ4n) is 2.85. The fourth-order valence-corrected chi connectivity index (χ4v) is 2.85. The number of fused-ring (bicyclic) bond motifs is 1. The highest BCUT2D eigenvalue weighted by Gasteiger charge is 2.18. The van der Waals surface area contributed by atoms with E-state index in [4.69, 9.17) is 9.47 Å². The lowest BCUT2D eigenvalue weighted by Gasteiger charge is -2.14. The molecule has 128 valence electrons. The minimum Gasteiger partial charge on any atom is -0.487 e. The third kappa shape index (κ3) is 3.60. The molecule has 3 aromatic rings. The second-order valence-corrected chi connectivity index (χ2v) is 5.72. The molecule has 1 aromatic carbocycles. The average Bonchev–Trinajstić information content (AvgIpc) is 2.59. The molecule has 0 N–H and O–H groups in total. The topological polar surface area (TPSA) is 61.3 Å². The van der Waals surface area contributed by atoms with Crippen LogP contribution in [0, 0.1) is 13.8 Å². The van der Waals surface area contributed by atoms with Crippen molar-refractivity contribution in [2.24, 2.45) is 0 Å². The highest BCUT2D eigenvalue weighted by Crippen LogP contribution is 2.25. The molecule has 0 bridgehead atoms. The molecule has 3 rings (SSSR count). The van der Waals surface area contributed by atoms with E-state index in [0.29, 0.717) is 23.6 Å². The second-order valence-electron chi connectivity index (χ2n) is 5.72. The Morgan fingerprint density at radius 1 is 1.16 bits per heavy atom. The summed E-state index contributed by atoms with van der Waals surface area (Å²) < 4.78 is 11.2. The van der Waals surface area contributed by atoms with Crippen LogP contribution < -0.4 is 4.74 Å². The molecule has 0 saturated heterocycles. The van der Waals surface area contributed by atoms with Crippen LogP contribution in [-0.4, -0.2) is 22.5 Å². The van der Waals surface area contributed by atoms with E-state index in [-0.39, 0.29) is 12.6 Å². The van der Waals surface area contributed by atoms with Crippen LogP contribution >= 0.6 is 0 Å². The molecule has 0 saturated carbocycles. The van der Waals surface area contributed by atoms with Gasteiger partial charge < -0.3 is 9.47 Å². The number of nitrogens with zero attached hydrogens (tertiary/aromatic N) is 2. The number of esters is 1. The maximum absolute atomic E-state index is 12.3. The van der Waals surface area contributed by atoms with Gasteiger partial charge in [0, 0.05) is 22.8 Å². The third-order valence-corrected chi connectivity index (χ3v) is 3.87. The highest BCUT2D eigenvalue weighted by molar-refractivity contribution is 5.92. The number of benzene rings is 1. The average molecular weight is 336 g/mol. The van der Waals surface area contributed by atoms with Gasteiger partial charge in [-0.15, -0.1) is 0 Å². The van der Waals surface area contributed by atoms with Crippen LogP contribution in [0.2, 0.25) is 0 Å². The maximum atomic E-state index is 12.3. The molecule has 0 aliphatic heterocycles. The first-order chi connectivity index (χ1) is 12.1. The molecule has 0 fully saturated rings. The number of rotatable bonds is 5. The molecule has 0 aliphatic carbocycles. The largest absolute Gasteiger partial charge is 0.487 e. The van der Waals surface area contributed by atoms with Gasteiger partial charge in [0.25, 0.3) is 0 Å². The minimum atomic E-state index is -0.373. The number of hydrogen-bond donors (Lipinski definition) is 0. The van der Waals surface area contributed by atoms with Gasteiger partial charge in [-0.05, 0) is 39.0 Å². The Balaban J connectivity index is 1.93. The normalized spacial score (nSPS) is 10.7. The Morgan fingerprint density at radius 2 is 1.96 bits per heavy atom. The SMILES string of the molecule is CCOC(=O)c1c(COc2cccc3cccnc23)cc(C)nc1C. The van der Waals surface area contributed by atoms with Crippen LogP contribution in [0.4, 0.5) is 0 Å². The van der Waals surface area contributed by atoms with E-state index < -0.39 is 0 Å². The van der Waals surface area contributed by atoms with Crippen molar-refractivity contribution < 1.29 is 14.3 Å². The molecule has 0 radical (unpaired) electrons. The van der Waals surface area contributed by atoms with Crippen LogP contribution in [0.5, 0.6) is 5.75 Å². The number of aryl methyl sites for hydroxylation is 2. The molecule has 5 nitrogen and oxygen atoms in total. The lowest BCUT2D eigenvalue weighted by atomic mass is 10.1. The Bertz CT molecular complexity index is 917. The summed E-state index contributed by atoms with van der Waals surface area (Å²) in [7, 11) is 0. The molecule has 25 heavy (non-hydrogen) atoms. The van der Waals surface area contributed by atoms with Crippen LogP contribution in [0.1, 0.15) is 34.2 Å². The summed E-state index contributed by atoms with van der Waals surface area (Å²) in [4.78, 5) is 21.1. The first kappa shape index (κ1) is 16.9. The van der Waals surface area contributed by atoms with Gasteiger partial charge in [0.1, 0.15) is 17.9 Å². The molecule has 2 aromatic heterocycles. The smallest absolute Gasteiger partial charge is 0.340 e. The third-order valence-electron chi connectivity index (χ3n) is 3.87. The van der Waals surface area contributed by atoms with Crippen molar-refractivity contribution in [3.05, 3.63) is 65.1 Å². The van der Waals surface area contributed by atoms with E-state index in [2.05, 4.69) is 9.97 Å². The Hall–Kier alpha value is -2.95. The number of carbonyl (C=O) groups excluding carboxylic acids is 1. The number of pyridine rings is 2. The number of para-hydroxylation sites is 1. The van der Waals surface area contributed by atoms with E-state index >= 15 is 0 Å². The predicted octanol–water partition coefficient (Wildman–Crippen LogP) is 4.00. The molecule has 2 heterocycles. The second kappa shape index (κ2) is 7.30. The first-order valence-corrected chi connectivity index (χ1v) is 8.21. The zero-order valence-corrected chi connectivity index (χ0v) is 14.6. The summed E-state index contributed by atoms with van der Waals surface area (Å²) in [6, 6.07) is 11.5. The molecular formula is C20H20N2O3. The molecule has 0 atom stereocenters. The van der Waals surface area contributed by atoms with Crippen molar-refractivity contribution >= 4 is 16.9 Å². The highest BCUT2D eigenvalue weighted by atomic mass is 16.5. The zero-order valence-electron chi connectivity index (χ0n) is 14.6. The summed E-state index contributed by atoms with van der Waals surface area (Å²) in [5.74, 6) is 0.308. The number of carbonyl (C=O) groups is 1. The van der Waals surface area contributed by atoms with Gasteiger partial charge in [0.15, 0.2) is 0 Å². The van der Waals surface area contributed by atoms with E-state index in [1.54, 1.807) is 13.1 Å². The van der Waals surface area contributed by atoms with E-state index in [9.17, 15) is 4.79 Å². The van der Waals surface area contributed by atoms with Crippen molar-refractivity contribution in [2.75, 3.05) is 6.61 Å². The lowest BCUT2D eigenvalue weighted by Crippen LogP contribution is -2.14. The minimum absolute atomic E-state index is 0.244. The van der Waals surface area contributed by atoms with Crippen molar-refractivity contribution in [1.82, 2.24) is 9.97 Å². The quantitative estimate of drug-likeness (QED) is 0.659. The monoisotopic (exact) mass is 336 g/mol. The van der Waals surface area contributed by atoms with Crippen LogP contribution in [0.3, 0.4) is 0 Å². The summed E-state index contributed by atoms with van der Waals surface area (Å²) in [6.45, 7) is 6.05. The molecule has 0 amide bonds. The van der Waals surface area contributed by atoms with Gasteiger partial charge in [-0.2, -0.15) is 0 Å². The van der Waals surface area contributed by atoms with Crippen molar-refractivity contribution in [1.29, 1.82) is 0 Å². The van der Waals surface area contributed by atoms with Gasteiger partial charge in [-0.1, -0.05) is 18.2 Å². The summed E-state index contributed by atoms with van der Waals surface area (Å²) in [5, 5.41) is 1.01. The molecule has 0 unspecified atom stereocenters. The predicted molar refractivity (Wildman–Crippen MR) is 95.7 cm³/mol. The van der Waals surface area contributed by atoms with E-state index in [1.807, 2.05) is 50.2 Å². The fraction of sp³-hybridized carbons (Fsp3) is 0.250.